The van der Waals surface area contributed by atoms with Crippen molar-refractivity contribution >= 4 is 33.7 Å². The second-order valence-corrected chi connectivity index (χ2v) is 6.56. The highest BCUT2D eigenvalue weighted by Gasteiger charge is 2.14. The summed E-state index contributed by atoms with van der Waals surface area (Å²) in [6.45, 7) is 0. The maximum Gasteiger partial charge on any atom is -0.0106 e. The van der Waals surface area contributed by atoms with Gasteiger partial charge in [-0.25, -0.2) is 0 Å². The van der Waals surface area contributed by atoms with Gasteiger partial charge >= 0.3 is 0 Å². The maximum absolute atomic E-state index is 2.31. The topological polar surface area (TPSA) is 0 Å². The lowest BCUT2D eigenvalue weighted by atomic mass is 9.98. The van der Waals surface area contributed by atoms with E-state index in [0.717, 1.165) is 0 Å². The molecule has 0 atom stereocenters. The minimum atomic E-state index is 1.18. The maximum atomic E-state index is 2.31. The average Bonchev–Trinajstić information content (AvgIpc) is 3.06. The molecule has 0 saturated carbocycles. The predicted octanol–water partition coefficient (Wildman–Crippen LogP) is 6.26. The first kappa shape index (κ1) is 13.6. The third kappa shape index (κ3) is 2.07. The van der Waals surface area contributed by atoms with Crippen LogP contribution >= 0.6 is 0 Å². The quantitative estimate of drug-likeness (QED) is 0.383. The molecule has 5 rings (SSSR count). The highest BCUT2D eigenvalue weighted by atomic mass is 14.2. The lowest BCUT2D eigenvalue weighted by molar-refractivity contribution is 1.02. The van der Waals surface area contributed by atoms with E-state index in [4.69, 9.17) is 0 Å². The summed E-state index contributed by atoms with van der Waals surface area (Å²) in [5.74, 6) is 0. The van der Waals surface area contributed by atoms with Crippen LogP contribution in [0, 0.1) is 0 Å². The Bertz CT molecular complexity index is 1080. The number of fused-ring (bicyclic) bond motifs is 1. The normalized spacial score (nSPS) is 13.3. The fraction of sp³-hybridized carbons (Fsp3) is 0.0833. The molecule has 0 unspecified atom stereocenters. The van der Waals surface area contributed by atoms with Gasteiger partial charge in [0.2, 0.25) is 0 Å². The van der Waals surface area contributed by atoms with Crippen LogP contribution in [0.2, 0.25) is 0 Å². The fourth-order valence-electron chi connectivity index (χ4n) is 3.99. The van der Waals surface area contributed by atoms with Crippen molar-refractivity contribution in [3.63, 3.8) is 0 Å². The van der Waals surface area contributed by atoms with Gasteiger partial charge < -0.3 is 0 Å². The predicted molar refractivity (Wildman–Crippen MR) is 104 cm³/mol. The van der Waals surface area contributed by atoms with Crippen LogP contribution in [0.25, 0.3) is 33.7 Å². The van der Waals surface area contributed by atoms with E-state index in [1.54, 1.807) is 0 Å². The molecule has 0 bridgehead atoms. The molecule has 0 aromatic heterocycles. The van der Waals surface area contributed by atoms with Crippen LogP contribution in [-0.4, -0.2) is 0 Å². The van der Waals surface area contributed by atoms with E-state index in [2.05, 4.69) is 84.9 Å². The van der Waals surface area contributed by atoms with Gasteiger partial charge in [0, 0.05) is 0 Å². The highest BCUT2D eigenvalue weighted by Crippen LogP contribution is 2.33. The summed E-state index contributed by atoms with van der Waals surface area (Å²) < 4.78 is 0. The summed E-state index contributed by atoms with van der Waals surface area (Å²) in [5, 5.41) is 5.47. The third-order valence-electron chi connectivity index (χ3n) is 5.18. The van der Waals surface area contributed by atoms with E-state index >= 15 is 0 Å². The molecule has 1 aliphatic rings. The monoisotopic (exact) mass is 306 g/mol. The zero-order valence-electron chi connectivity index (χ0n) is 13.5. The third-order valence-corrected chi connectivity index (χ3v) is 5.18. The van der Waals surface area contributed by atoms with Gasteiger partial charge in [0.05, 0.1) is 0 Å². The Kier molecular flexibility index (Phi) is 3.02. The summed E-state index contributed by atoms with van der Waals surface area (Å²) >= 11 is 0. The molecule has 4 aromatic carbocycles. The van der Waals surface area contributed by atoms with Gasteiger partial charge in [0.15, 0.2) is 0 Å². The molecule has 0 N–H and O–H groups in total. The Morgan fingerprint density at radius 3 is 2.12 bits per heavy atom. The Balaban J connectivity index is 1.66. The van der Waals surface area contributed by atoms with Gasteiger partial charge in [0.25, 0.3) is 0 Å². The molecule has 4 aromatic rings. The van der Waals surface area contributed by atoms with Crippen LogP contribution in [0.1, 0.15) is 22.3 Å². The summed E-state index contributed by atoms with van der Waals surface area (Å²) in [7, 11) is 0. The summed E-state index contributed by atoms with van der Waals surface area (Å²) in [6.07, 6.45) is 6.89. The second kappa shape index (κ2) is 5.35. The van der Waals surface area contributed by atoms with E-state index in [-0.39, 0.29) is 0 Å². The van der Waals surface area contributed by atoms with E-state index in [1.807, 2.05) is 0 Å². The molecule has 0 fully saturated rings. The van der Waals surface area contributed by atoms with Crippen molar-refractivity contribution in [1.82, 2.24) is 0 Å². The Hall–Kier alpha value is -2.86. The zero-order chi connectivity index (χ0) is 15.9. The minimum absolute atomic E-state index is 1.18. The van der Waals surface area contributed by atoms with Crippen molar-refractivity contribution < 1.29 is 0 Å². The number of hydrogen-bond donors (Lipinski definition) is 0. The number of rotatable bonds is 2. The van der Waals surface area contributed by atoms with Crippen LogP contribution in [0.15, 0.2) is 72.8 Å². The van der Waals surface area contributed by atoms with E-state index in [0.29, 0.717) is 0 Å². The molecule has 114 valence electrons. The van der Waals surface area contributed by atoms with Gasteiger partial charge in [-0.1, -0.05) is 84.9 Å². The van der Waals surface area contributed by atoms with E-state index in [1.165, 1.54) is 56.6 Å². The van der Waals surface area contributed by atoms with Crippen LogP contribution in [0.3, 0.4) is 0 Å². The SMILES string of the molecule is C(=Cc1ccc2c3c(cccc13)CC2)c1cccc2ccccc12. The first-order valence-corrected chi connectivity index (χ1v) is 8.59. The summed E-state index contributed by atoms with van der Waals surface area (Å²) in [4.78, 5) is 0. The van der Waals surface area contributed by atoms with E-state index < -0.39 is 0 Å². The fourth-order valence-corrected chi connectivity index (χ4v) is 3.99. The number of aryl methyl sites for hydroxylation is 2. The van der Waals surface area contributed by atoms with Crippen molar-refractivity contribution in [3.05, 3.63) is 95.1 Å². The smallest absolute Gasteiger partial charge is 0.0106 e. The van der Waals surface area contributed by atoms with E-state index in [9.17, 15) is 0 Å². The Morgan fingerprint density at radius 2 is 1.21 bits per heavy atom. The highest BCUT2D eigenvalue weighted by molar-refractivity contribution is 5.99. The zero-order valence-corrected chi connectivity index (χ0v) is 13.5. The lowest BCUT2D eigenvalue weighted by Gasteiger charge is -2.06. The molecule has 0 heterocycles. The van der Waals surface area contributed by atoms with Crippen LogP contribution in [-0.2, 0) is 12.8 Å². The molecule has 0 nitrogen and oxygen atoms in total. The molecule has 0 heteroatoms. The Morgan fingerprint density at radius 1 is 0.542 bits per heavy atom. The first-order valence-electron chi connectivity index (χ1n) is 8.59. The standard InChI is InChI=1S/C24H18/c1-2-9-22-17(5-1)6-3-7-18(22)11-12-19-13-14-21-16-15-20-8-4-10-23(19)24(20)21/h1-14H,15-16H2. The van der Waals surface area contributed by atoms with Crippen molar-refractivity contribution in [2.45, 2.75) is 12.8 Å². The second-order valence-electron chi connectivity index (χ2n) is 6.56. The lowest BCUT2D eigenvalue weighted by Crippen LogP contribution is -1.83. The summed E-state index contributed by atoms with van der Waals surface area (Å²) in [5.41, 5.74) is 5.59. The molecule has 0 spiro atoms. The van der Waals surface area contributed by atoms with Crippen molar-refractivity contribution in [3.8, 4) is 0 Å². The first-order chi connectivity index (χ1) is 11.9. The van der Waals surface area contributed by atoms with Gasteiger partial charge in [-0.15, -0.1) is 0 Å². The minimum Gasteiger partial charge on any atom is -0.0616 e. The molecule has 0 amide bonds. The molecule has 0 radical (unpaired) electrons. The van der Waals surface area contributed by atoms with Crippen molar-refractivity contribution in [2.24, 2.45) is 0 Å². The Labute approximate surface area is 142 Å². The molecule has 0 saturated heterocycles. The van der Waals surface area contributed by atoms with Crippen LogP contribution < -0.4 is 0 Å². The van der Waals surface area contributed by atoms with Gasteiger partial charge in [-0.3, -0.25) is 0 Å². The average molecular weight is 306 g/mol. The summed E-state index contributed by atoms with van der Waals surface area (Å²) in [6, 6.07) is 26.4. The van der Waals surface area contributed by atoms with Crippen molar-refractivity contribution in [2.75, 3.05) is 0 Å². The molecule has 24 heavy (non-hydrogen) atoms. The number of benzene rings is 4. The van der Waals surface area contributed by atoms with Gasteiger partial charge in [-0.2, -0.15) is 0 Å². The number of hydrogen-bond acceptors (Lipinski definition) is 0. The van der Waals surface area contributed by atoms with Crippen molar-refractivity contribution in [1.29, 1.82) is 0 Å². The van der Waals surface area contributed by atoms with Crippen LogP contribution in [0.5, 0.6) is 0 Å². The van der Waals surface area contributed by atoms with Gasteiger partial charge in [-0.05, 0) is 56.6 Å². The molecular formula is C24H18. The van der Waals surface area contributed by atoms with Crippen LogP contribution in [0.4, 0.5) is 0 Å². The largest absolute Gasteiger partial charge is 0.0616 e. The molecular weight excluding hydrogens is 288 g/mol. The molecule has 0 aliphatic heterocycles. The molecule has 1 aliphatic carbocycles. The van der Waals surface area contributed by atoms with Gasteiger partial charge in [0.1, 0.15) is 0 Å².